The topological polar surface area (TPSA) is 111 Å². The van der Waals surface area contributed by atoms with Gasteiger partial charge in [0.15, 0.2) is 6.61 Å². The Morgan fingerprint density at radius 2 is 1.81 bits per heavy atom. The van der Waals surface area contributed by atoms with Gasteiger partial charge in [-0.25, -0.2) is 4.79 Å². The highest BCUT2D eigenvalue weighted by Crippen LogP contribution is 2.22. The molecule has 166 valence electrons. The highest BCUT2D eigenvalue weighted by Gasteiger charge is 2.19. The van der Waals surface area contributed by atoms with Crippen molar-refractivity contribution in [1.82, 2.24) is 5.32 Å². The van der Waals surface area contributed by atoms with Crippen molar-refractivity contribution < 1.29 is 28.7 Å². The fourth-order valence-electron chi connectivity index (χ4n) is 2.61. The fourth-order valence-corrected chi connectivity index (χ4v) is 3.39. The van der Waals surface area contributed by atoms with E-state index in [9.17, 15) is 19.2 Å². The van der Waals surface area contributed by atoms with Crippen molar-refractivity contribution in [3.05, 3.63) is 52.2 Å². The molecule has 1 heterocycles. The first-order valence-corrected chi connectivity index (χ1v) is 10.8. The number of benzene rings is 1. The first-order valence-electron chi connectivity index (χ1n) is 9.92. The van der Waals surface area contributed by atoms with Crippen LogP contribution in [-0.4, -0.2) is 37.0 Å². The number of ether oxygens (including phenoxy) is 2. The molecular weight excluding hydrogens is 420 g/mol. The Hall–Kier alpha value is -3.20. The van der Waals surface area contributed by atoms with E-state index in [0.717, 1.165) is 17.7 Å². The number of carbonyl (C=O) groups excluding carboxylic acids is 4. The summed E-state index contributed by atoms with van der Waals surface area (Å²) in [6, 6.07) is 9.37. The Kier molecular flexibility index (Phi) is 9.70. The molecule has 0 radical (unpaired) electrons. The Morgan fingerprint density at radius 1 is 1.06 bits per heavy atom. The predicted octanol–water partition coefficient (Wildman–Crippen LogP) is 3.45. The summed E-state index contributed by atoms with van der Waals surface area (Å²) in [5, 5.41) is 7.14. The van der Waals surface area contributed by atoms with Gasteiger partial charge < -0.3 is 20.1 Å². The first kappa shape index (κ1) is 24.1. The molecule has 0 bridgehead atoms. The van der Waals surface area contributed by atoms with E-state index >= 15 is 0 Å². The Labute approximate surface area is 184 Å². The zero-order valence-corrected chi connectivity index (χ0v) is 18.3. The molecule has 9 heteroatoms. The van der Waals surface area contributed by atoms with Crippen LogP contribution in [0.1, 0.15) is 54.4 Å². The summed E-state index contributed by atoms with van der Waals surface area (Å²) in [4.78, 5) is 48.3. The van der Waals surface area contributed by atoms with Crippen molar-refractivity contribution in [2.24, 2.45) is 0 Å². The highest BCUT2D eigenvalue weighted by molar-refractivity contribution is 7.10. The van der Waals surface area contributed by atoms with Gasteiger partial charge in [-0.3, -0.25) is 14.4 Å². The SMILES string of the molecule is CCCCOC(=O)c1ccc(NC(=O)COC(=O)CC(NC(C)=O)c2cccs2)cc1. The molecule has 1 unspecified atom stereocenters. The van der Waals surface area contributed by atoms with Crippen LogP contribution < -0.4 is 10.6 Å². The molecule has 2 rings (SSSR count). The van der Waals surface area contributed by atoms with Crippen LogP contribution in [0.4, 0.5) is 5.69 Å². The number of anilines is 1. The van der Waals surface area contributed by atoms with E-state index in [-0.39, 0.29) is 12.3 Å². The van der Waals surface area contributed by atoms with Crippen molar-refractivity contribution in [1.29, 1.82) is 0 Å². The van der Waals surface area contributed by atoms with Crippen molar-refractivity contribution in [3.63, 3.8) is 0 Å². The Balaban J connectivity index is 1.79. The minimum Gasteiger partial charge on any atom is -0.462 e. The predicted molar refractivity (Wildman–Crippen MR) is 117 cm³/mol. The second-order valence-electron chi connectivity index (χ2n) is 6.75. The summed E-state index contributed by atoms with van der Waals surface area (Å²) in [7, 11) is 0. The third-order valence-corrected chi connectivity index (χ3v) is 5.12. The lowest BCUT2D eigenvalue weighted by Gasteiger charge is -2.15. The molecule has 0 fully saturated rings. The van der Waals surface area contributed by atoms with Crippen LogP contribution in [0.3, 0.4) is 0 Å². The molecule has 0 aliphatic rings. The number of esters is 2. The second-order valence-corrected chi connectivity index (χ2v) is 7.73. The van der Waals surface area contributed by atoms with Gasteiger partial charge in [-0.2, -0.15) is 0 Å². The van der Waals surface area contributed by atoms with E-state index in [1.165, 1.54) is 18.3 Å². The summed E-state index contributed by atoms with van der Waals surface area (Å²) < 4.78 is 10.2. The summed E-state index contributed by atoms with van der Waals surface area (Å²) in [5.41, 5.74) is 0.846. The smallest absolute Gasteiger partial charge is 0.338 e. The number of rotatable bonds is 11. The molecule has 8 nitrogen and oxygen atoms in total. The Morgan fingerprint density at radius 3 is 2.42 bits per heavy atom. The van der Waals surface area contributed by atoms with Crippen LogP contribution in [0.5, 0.6) is 0 Å². The van der Waals surface area contributed by atoms with Crippen LogP contribution in [0.25, 0.3) is 0 Å². The highest BCUT2D eigenvalue weighted by atomic mass is 32.1. The van der Waals surface area contributed by atoms with Gasteiger partial charge in [0.05, 0.1) is 24.6 Å². The maximum atomic E-state index is 12.1. The third-order valence-electron chi connectivity index (χ3n) is 4.13. The molecule has 0 spiro atoms. The van der Waals surface area contributed by atoms with E-state index < -0.39 is 30.5 Å². The molecular formula is C22H26N2O6S. The average molecular weight is 447 g/mol. The molecule has 2 amide bonds. The van der Waals surface area contributed by atoms with Gasteiger partial charge in [0.1, 0.15) is 0 Å². The summed E-state index contributed by atoms with van der Waals surface area (Å²) in [6.45, 7) is 3.29. The summed E-state index contributed by atoms with van der Waals surface area (Å²) in [6.07, 6.45) is 1.66. The lowest BCUT2D eigenvalue weighted by Crippen LogP contribution is -2.29. The summed E-state index contributed by atoms with van der Waals surface area (Å²) >= 11 is 1.41. The Bertz CT molecular complexity index is 880. The number of hydrogen-bond donors (Lipinski definition) is 2. The van der Waals surface area contributed by atoms with Crippen molar-refractivity contribution in [2.75, 3.05) is 18.5 Å². The van der Waals surface area contributed by atoms with E-state index in [1.807, 2.05) is 24.4 Å². The second kappa shape index (κ2) is 12.5. The molecule has 0 saturated carbocycles. The molecule has 0 aliphatic heterocycles. The number of carbonyl (C=O) groups is 4. The van der Waals surface area contributed by atoms with Gasteiger partial charge in [-0.05, 0) is 42.1 Å². The lowest BCUT2D eigenvalue weighted by molar-refractivity contribution is -0.147. The molecule has 1 aromatic heterocycles. The number of thiophene rings is 1. The molecule has 0 aliphatic carbocycles. The number of hydrogen-bond acceptors (Lipinski definition) is 7. The van der Waals surface area contributed by atoms with Crippen LogP contribution in [-0.2, 0) is 23.9 Å². The molecule has 31 heavy (non-hydrogen) atoms. The lowest BCUT2D eigenvalue weighted by atomic mass is 10.1. The van der Waals surface area contributed by atoms with E-state index in [0.29, 0.717) is 17.9 Å². The van der Waals surface area contributed by atoms with Gasteiger partial charge >= 0.3 is 11.9 Å². The van der Waals surface area contributed by atoms with Gasteiger partial charge in [-0.15, -0.1) is 11.3 Å². The van der Waals surface area contributed by atoms with Crippen molar-refractivity contribution in [2.45, 2.75) is 39.2 Å². The number of unbranched alkanes of at least 4 members (excludes halogenated alkanes) is 1. The third kappa shape index (κ3) is 8.59. The van der Waals surface area contributed by atoms with Crippen LogP contribution >= 0.6 is 11.3 Å². The van der Waals surface area contributed by atoms with Crippen molar-refractivity contribution in [3.8, 4) is 0 Å². The first-order chi connectivity index (χ1) is 14.9. The van der Waals surface area contributed by atoms with Crippen LogP contribution in [0, 0.1) is 0 Å². The molecule has 2 N–H and O–H groups in total. The maximum absolute atomic E-state index is 12.1. The molecule has 2 aromatic rings. The maximum Gasteiger partial charge on any atom is 0.338 e. The standard InChI is InChI=1S/C22H26N2O6S/c1-3-4-11-29-22(28)16-7-9-17(10-8-16)24-20(26)14-30-21(27)13-18(23-15(2)25)19-6-5-12-31-19/h5-10,12,18H,3-4,11,13-14H2,1-2H3,(H,23,25)(H,24,26). The largest absolute Gasteiger partial charge is 0.462 e. The van der Waals surface area contributed by atoms with E-state index in [2.05, 4.69) is 10.6 Å². The van der Waals surface area contributed by atoms with Crippen LogP contribution in [0.15, 0.2) is 41.8 Å². The van der Waals surface area contributed by atoms with Crippen molar-refractivity contribution >= 4 is 40.8 Å². The van der Waals surface area contributed by atoms with Gasteiger partial charge in [0.2, 0.25) is 5.91 Å². The minimum absolute atomic E-state index is 0.0811. The van der Waals surface area contributed by atoms with Gasteiger partial charge in [0.25, 0.3) is 5.91 Å². The zero-order valence-electron chi connectivity index (χ0n) is 17.5. The summed E-state index contributed by atoms with van der Waals surface area (Å²) in [5.74, 6) is -1.80. The van der Waals surface area contributed by atoms with Crippen LogP contribution in [0.2, 0.25) is 0 Å². The average Bonchev–Trinajstić information content (AvgIpc) is 3.27. The fraction of sp³-hybridized carbons (Fsp3) is 0.364. The molecule has 1 atom stereocenters. The van der Waals surface area contributed by atoms with E-state index in [1.54, 1.807) is 24.3 Å². The normalized spacial score (nSPS) is 11.3. The van der Waals surface area contributed by atoms with Gasteiger partial charge in [0, 0.05) is 17.5 Å². The monoisotopic (exact) mass is 446 g/mol. The van der Waals surface area contributed by atoms with E-state index in [4.69, 9.17) is 9.47 Å². The molecule has 0 saturated heterocycles. The minimum atomic E-state index is -0.604. The molecule has 1 aromatic carbocycles. The number of nitrogens with one attached hydrogen (secondary N) is 2. The van der Waals surface area contributed by atoms with Gasteiger partial charge in [-0.1, -0.05) is 19.4 Å². The quantitative estimate of drug-likeness (QED) is 0.404. The number of amides is 2. The zero-order chi connectivity index (χ0) is 22.6.